The van der Waals surface area contributed by atoms with Gasteiger partial charge in [-0.25, -0.2) is 0 Å². The van der Waals surface area contributed by atoms with E-state index in [1.54, 1.807) is 13.2 Å². The Morgan fingerprint density at radius 2 is 1.44 bits per heavy atom. The largest absolute Gasteiger partial charge is 0.508 e. The van der Waals surface area contributed by atoms with Gasteiger partial charge in [0.1, 0.15) is 11.5 Å². The summed E-state index contributed by atoms with van der Waals surface area (Å²) in [6, 6.07) is 16.9. The highest BCUT2D eigenvalue weighted by Gasteiger charge is 2.13. The highest BCUT2D eigenvalue weighted by Crippen LogP contribution is 2.27. The molecule has 0 aliphatic heterocycles. The Labute approximate surface area is 196 Å². The SMILES string of the molecule is C=C/C(O)=C\C=C/C(C=C)C(C)c1ccc(OC)cc1.CC.CCc1ccc(CC)cc1. The molecular formula is C30H42O2. The Hall–Kier alpha value is -3.00. The summed E-state index contributed by atoms with van der Waals surface area (Å²) in [5, 5.41) is 9.31. The lowest BCUT2D eigenvalue weighted by Gasteiger charge is -2.18. The molecule has 0 saturated carbocycles. The zero-order valence-corrected chi connectivity index (χ0v) is 20.8. The highest BCUT2D eigenvalue weighted by molar-refractivity contribution is 5.31. The van der Waals surface area contributed by atoms with Gasteiger partial charge in [0.2, 0.25) is 0 Å². The molecule has 0 saturated heterocycles. The molecule has 2 aromatic carbocycles. The summed E-state index contributed by atoms with van der Waals surface area (Å²) in [6.45, 7) is 17.9. The second kappa shape index (κ2) is 17.7. The van der Waals surface area contributed by atoms with Gasteiger partial charge in [-0.15, -0.1) is 6.58 Å². The number of hydrogen-bond acceptors (Lipinski definition) is 2. The van der Waals surface area contributed by atoms with E-state index < -0.39 is 0 Å². The molecule has 0 spiro atoms. The highest BCUT2D eigenvalue weighted by atomic mass is 16.5. The number of ether oxygens (including phenoxy) is 1. The Morgan fingerprint density at radius 1 is 0.938 bits per heavy atom. The van der Waals surface area contributed by atoms with E-state index in [9.17, 15) is 5.11 Å². The molecular weight excluding hydrogens is 392 g/mol. The number of methoxy groups -OCH3 is 1. The van der Waals surface area contributed by atoms with E-state index in [-0.39, 0.29) is 11.7 Å². The first-order valence-electron chi connectivity index (χ1n) is 11.5. The minimum absolute atomic E-state index is 0.154. The van der Waals surface area contributed by atoms with E-state index >= 15 is 0 Å². The fourth-order valence-corrected chi connectivity index (χ4v) is 2.94. The molecule has 0 bridgehead atoms. The van der Waals surface area contributed by atoms with Crippen LogP contribution in [0.4, 0.5) is 0 Å². The van der Waals surface area contributed by atoms with Crippen LogP contribution in [0.5, 0.6) is 5.75 Å². The standard InChI is InChI=1S/C18H22O2.C10H14.C2H6/c1-5-15(8-7-9-17(19)6-2)14(3)16-10-12-18(20-4)13-11-16;1-3-9-5-7-10(4-2)8-6-9;1-2/h5-15,19H,1-2H2,3-4H3;5-8H,3-4H2,1-2H3;1-2H3/b8-7-,17-9+;;. The maximum Gasteiger partial charge on any atom is 0.118 e. The van der Waals surface area contributed by atoms with Crippen LogP contribution in [0.25, 0.3) is 0 Å². The van der Waals surface area contributed by atoms with Crippen molar-refractivity contribution >= 4 is 0 Å². The molecule has 0 fully saturated rings. The minimum atomic E-state index is 0.154. The van der Waals surface area contributed by atoms with Crippen LogP contribution >= 0.6 is 0 Å². The smallest absolute Gasteiger partial charge is 0.118 e. The van der Waals surface area contributed by atoms with Gasteiger partial charge in [-0.05, 0) is 59.7 Å². The van der Waals surface area contributed by atoms with Crippen molar-refractivity contribution < 1.29 is 9.84 Å². The fourth-order valence-electron chi connectivity index (χ4n) is 2.94. The van der Waals surface area contributed by atoms with Crippen molar-refractivity contribution in [3.05, 3.63) is 115 Å². The van der Waals surface area contributed by atoms with Gasteiger partial charge < -0.3 is 9.84 Å². The summed E-state index contributed by atoms with van der Waals surface area (Å²) in [5.74, 6) is 1.50. The maximum atomic E-state index is 9.31. The summed E-state index contributed by atoms with van der Waals surface area (Å²) < 4.78 is 5.16. The molecule has 174 valence electrons. The van der Waals surface area contributed by atoms with Crippen molar-refractivity contribution in [2.75, 3.05) is 7.11 Å². The quantitative estimate of drug-likeness (QED) is 0.243. The van der Waals surface area contributed by atoms with E-state index in [1.165, 1.54) is 22.8 Å². The second-order valence-electron chi connectivity index (χ2n) is 7.08. The Kier molecular flexibility index (Phi) is 16.0. The minimum Gasteiger partial charge on any atom is -0.508 e. The maximum absolute atomic E-state index is 9.31. The summed E-state index contributed by atoms with van der Waals surface area (Å²) >= 11 is 0. The van der Waals surface area contributed by atoms with Crippen molar-refractivity contribution in [1.82, 2.24) is 0 Å². The third-order valence-corrected chi connectivity index (χ3v) is 5.14. The van der Waals surface area contributed by atoms with Crippen molar-refractivity contribution in [3.8, 4) is 5.75 Å². The van der Waals surface area contributed by atoms with E-state index in [1.807, 2.05) is 44.2 Å². The molecule has 2 atom stereocenters. The van der Waals surface area contributed by atoms with Gasteiger partial charge >= 0.3 is 0 Å². The average Bonchev–Trinajstić information content (AvgIpc) is 2.87. The van der Waals surface area contributed by atoms with Gasteiger partial charge in [0, 0.05) is 5.92 Å². The number of aliphatic hydroxyl groups excluding tert-OH is 1. The second-order valence-corrected chi connectivity index (χ2v) is 7.08. The number of rotatable bonds is 9. The molecule has 0 aliphatic carbocycles. The Bertz CT molecular complexity index is 788. The lowest BCUT2D eigenvalue weighted by molar-refractivity contribution is 0.414. The van der Waals surface area contributed by atoms with Crippen molar-refractivity contribution in [2.45, 2.75) is 53.4 Å². The third kappa shape index (κ3) is 10.9. The van der Waals surface area contributed by atoms with Crippen molar-refractivity contribution in [1.29, 1.82) is 0 Å². The van der Waals surface area contributed by atoms with Crippen LogP contribution in [0, 0.1) is 5.92 Å². The number of benzene rings is 2. The zero-order chi connectivity index (χ0) is 24.4. The van der Waals surface area contributed by atoms with E-state index in [0.29, 0.717) is 5.92 Å². The summed E-state index contributed by atoms with van der Waals surface area (Å²) in [7, 11) is 1.66. The van der Waals surface area contributed by atoms with Crippen LogP contribution in [-0.4, -0.2) is 12.2 Å². The van der Waals surface area contributed by atoms with E-state index in [0.717, 1.165) is 18.6 Å². The fraction of sp³-hybridized carbons (Fsp3) is 0.333. The van der Waals surface area contributed by atoms with Crippen molar-refractivity contribution in [3.63, 3.8) is 0 Å². The predicted molar refractivity (Wildman–Crippen MR) is 142 cm³/mol. The summed E-state index contributed by atoms with van der Waals surface area (Å²) in [4.78, 5) is 0. The zero-order valence-electron chi connectivity index (χ0n) is 20.8. The first-order chi connectivity index (χ1) is 15.5. The lowest BCUT2D eigenvalue weighted by atomic mass is 9.87. The molecule has 0 aliphatic rings. The monoisotopic (exact) mass is 434 g/mol. The number of hydrogen-bond donors (Lipinski definition) is 1. The average molecular weight is 435 g/mol. The molecule has 2 unspecified atom stereocenters. The van der Waals surface area contributed by atoms with Crippen LogP contribution in [0.3, 0.4) is 0 Å². The third-order valence-electron chi connectivity index (χ3n) is 5.14. The number of aliphatic hydroxyl groups is 1. The van der Waals surface area contributed by atoms with Gasteiger partial charge in [0.15, 0.2) is 0 Å². The van der Waals surface area contributed by atoms with Crippen molar-refractivity contribution in [2.24, 2.45) is 5.92 Å². The van der Waals surface area contributed by atoms with Gasteiger partial charge in [-0.3, -0.25) is 0 Å². The predicted octanol–water partition coefficient (Wildman–Crippen LogP) is 8.62. The normalized spacial score (nSPS) is 12.5. The lowest BCUT2D eigenvalue weighted by Crippen LogP contribution is -2.04. The molecule has 0 heterocycles. The van der Waals surface area contributed by atoms with E-state index in [2.05, 4.69) is 70.3 Å². The summed E-state index contributed by atoms with van der Waals surface area (Å²) in [6.07, 6.45) is 11.0. The first-order valence-corrected chi connectivity index (χ1v) is 11.5. The van der Waals surface area contributed by atoms with Crippen LogP contribution in [0.1, 0.15) is 57.2 Å². The molecule has 0 amide bonds. The van der Waals surface area contributed by atoms with Crippen LogP contribution < -0.4 is 4.74 Å². The number of aryl methyl sites for hydroxylation is 2. The van der Waals surface area contributed by atoms with Gasteiger partial charge in [-0.1, -0.05) is 95.8 Å². The van der Waals surface area contributed by atoms with Gasteiger partial charge in [0.25, 0.3) is 0 Å². The molecule has 1 N–H and O–H groups in total. The van der Waals surface area contributed by atoms with Gasteiger partial charge in [-0.2, -0.15) is 0 Å². The van der Waals surface area contributed by atoms with Crippen LogP contribution in [0.15, 0.2) is 97.8 Å². The first kappa shape index (κ1) is 29.0. The molecule has 2 heteroatoms. The van der Waals surface area contributed by atoms with Gasteiger partial charge in [0.05, 0.1) is 7.11 Å². The topological polar surface area (TPSA) is 29.5 Å². The number of allylic oxidation sites excluding steroid dienone is 5. The molecule has 2 nitrogen and oxygen atoms in total. The van der Waals surface area contributed by atoms with E-state index in [4.69, 9.17) is 4.74 Å². The molecule has 0 radical (unpaired) electrons. The molecule has 2 aromatic rings. The Morgan fingerprint density at radius 3 is 1.81 bits per heavy atom. The van der Waals surface area contributed by atoms with Crippen LogP contribution in [-0.2, 0) is 12.8 Å². The molecule has 0 aromatic heterocycles. The van der Waals surface area contributed by atoms with Crippen LogP contribution in [0.2, 0.25) is 0 Å². The summed E-state index contributed by atoms with van der Waals surface area (Å²) in [5.41, 5.74) is 4.08. The molecule has 32 heavy (non-hydrogen) atoms. The Balaban J connectivity index is 0.000000668. The molecule has 2 rings (SSSR count).